The van der Waals surface area contributed by atoms with Crippen LogP contribution in [0.15, 0.2) is 137 Å². The maximum Gasteiger partial charge on any atom is 0.111 e. The van der Waals surface area contributed by atoms with Gasteiger partial charge in [0.2, 0.25) is 0 Å². The Morgan fingerprint density at radius 1 is 0.619 bits per heavy atom. The normalized spacial score (nSPS) is 22.0. The molecule has 9 rings (SSSR count). The van der Waals surface area contributed by atoms with Crippen molar-refractivity contribution >= 4 is 55.9 Å². The third-order valence-corrected chi connectivity index (χ3v) is 8.60. The number of rotatable bonds is 1. The lowest BCUT2D eigenvalue weighted by Crippen LogP contribution is -2.23. The summed E-state index contributed by atoms with van der Waals surface area (Å²) in [6.07, 6.45) is 15.6. The Morgan fingerprint density at radius 3 is 2.38 bits per heavy atom. The molecule has 8 bridgehead atoms. The molecule has 1 unspecified atom stereocenters. The lowest BCUT2D eigenvalue weighted by atomic mass is 9.82. The van der Waals surface area contributed by atoms with E-state index in [4.69, 9.17) is 9.98 Å². The Balaban J connectivity index is 1.31. The molecule has 198 valence electrons. The summed E-state index contributed by atoms with van der Waals surface area (Å²) in [5.74, 6) is 0. The molecule has 0 spiro atoms. The first-order valence-corrected chi connectivity index (χ1v) is 14.4. The fourth-order valence-electron chi connectivity index (χ4n) is 6.68. The summed E-state index contributed by atoms with van der Waals surface area (Å²) in [7, 11) is 0. The van der Waals surface area contributed by atoms with E-state index in [1.807, 2.05) is 0 Å². The third kappa shape index (κ3) is 3.76. The molecule has 0 fully saturated rings. The second-order valence-corrected chi connectivity index (χ2v) is 11.4. The van der Waals surface area contributed by atoms with Crippen molar-refractivity contribution in [3.8, 4) is 0 Å². The predicted octanol–water partition coefficient (Wildman–Crippen LogP) is 6.77. The van der Waals surface area contributed by atoms with E-state index in [1.165, 1.54) is 37.9 Å². The van der Waals surface area contributed by atoms with E-state index in [1.54, 1.807) is 0 Å². The highest BCUT2D eigenvalue weighted by atomic mass is 14.9. The third-order valence-electron chi connectivity index (χ3n) is 8.60. The van der Waals surface area contributed by atoms with Gasteiger partial charge >= 0.3 is 0 Å². The SMILES string of the molecule is C1=C/C2=C/C3=NC(c4cccc5ccc6cc7ccccc7cc6c45)(C=C3)Cc3ccc([nH]3)/C=c3/cc/c([nH]3)=C/C1=N2. The van der Waals surface area contributed by atoms with Crippen LogP contribution >= 0.6 is 0 Å². The van der Waals surface area contributed by atoms with Crippen molar-refractivity contribution in [1.82, 2.24) is 9.97 Å². The number of aromatic amines is 2. The minimum atomic E-state index is -0.578. The van der Waals surface area contributed by atoms with Gasteiger partial charge < -0.3 is 9.97 Å². The molecule has 2 N–H and O–H groups in total. The zero-order chi connectivity index (χ0) is 27.7. The van der Waals surface area contributed by atoms with E-state index in [2.05, 4.69) is 143 Å². The van der Waals surface area contributed by atoms with E-state index < -0.39 is 5.54 Å². The average Bonchev–Trinajstić information content (AvgIpc) is 3.82. The second-order valence-electron chi connectivity index (χ2n) is 11.4. The highest BCUT2D eigenvalue weighted by Gasteiger charge is 2.35. The summed E-state index contributed by atoms with van der Waals surface area (Å²) >= 11 is 0. The van der Waals surface area contributed by atoms with Gasteiger partial charge in [-0.2, -0.15) is 0 Å². The van der Waals surface area contributed by atoms with Gasteiger partial charge in [0, 0.05) is 28.5 Å². The molecule has 1 atom stereocenters. The maximum atomic E-state index is 5.48. The van der Waals surface area contributed by atoms with Crippen LogP contribution in [-0.4, -0.2) is 21.4 Å². The molecular formula is C38H26N4. The van der Waals surface area contributed by atoms with Crippen LogP contribution in [0.2, 0.25) is 0 Å². The van der Waals surface area contributed by atoms with E-state index in [9.17, 15) is 0 Å². The molecule has 3 aliphatic rings. The van der Waals surface area contributed by atoms with E-state index >= 15 is 0 Å². The number of benzene rings is 4. The minimum Gasteiger partial charge on any atom is -0.359 e. The highest BCUT2D eigenvalue weighted by molar-refractivity contribution is 6.20. The molecule has 0 amide bonds. The summed E-state index contributed by atoms with van der Waals surface area (Å²) < 4.78 is 0. The number of hydrogen-bond donors (Lipinski definition) is 2. The van der Waals surface area contributed by atoms with Gasteiger partial charge in [0.15, 0.2) is 0 Å². The smallest absolute Gasteiger partial charge is 0.111 e. The van der Waals surface area contributed by atoms with Crippen LogP contribution in [0, 0.1) is 0 Å². The summed E-state index contributed by atoms with van der Waals surface area (Å²) in [5, 5.41) is 9.54. The van der Waals surface area contributed by atoms with Gasteiger partial charge in [-0.15, -0.1) is 0 Å². The molecule has 5 heterocycles. The van der Waals surface area contributed by atoms with Crippen molar-refractivity contribution in [2.75, 3.05) is 0 Å². The largest absolute Gasteiger partial charge is 0.359 e. The lowest BCUT2D eigenvalue weighted by Gasteiger charge is -2.27. The zero-order valence-electron chi connectivity index (χ0n) is 22.8. The average molecular weight is 539 g/mol. The van der Waals surface area contributed by atoms with Crippen molar-refractivity contribution in [2.45, 2.75) is 12.0 Å². The second kappa shape index (κ2) is 8.76. The molecule has 0 saturated heterocycles. The summed E-state index contributed by atoms with van der Waals surface area (Å²) in [4.78, 5) is 17.5. The first-order valence-electron chi connectivity index (χ1n) is 14.4. The van der Waals surface area contributed by atoms with E-state index in [0.717, 1.165) is 39.2 Å². The van der Waals surface area contributed by atoms with Crippen LogP contribution in [0.25, 0.3) is 44.5 Å². The fraction of sp³-hybridized carbons (Fsp3) is 0.0526. The van der Waals surface area contributed by atoms with Gasteiger partial charge in [-0.1, -0.05) is 60.7 Å². The fourth-order valence-corrected chi connectivity index (χ4v) is 6.68. The number of H-pyrrole nitrogens is 2. The van der Waals surface area contributed by atoms with Crippen molar-refractivity contribution in [2.24, 2.45) is 9.98 Å². The van der Waals surface area contributed by atoms with Gasteiger partial charge in [0.25, 0.3) is 0 Å². The molecule has 0 saturated carbocycles. The summed E-state index contributed by atoms with van der Waals surface area (Å²) in [6, 6.07) is 32.9. The lowest BCUT2D eigenvalue weighted by molar-refractivity contribution is 0.569. The number of hydrogen-bond acceptors (Lipinski definition) is 2. The standard InChI is InChI=1S/C38H26N4/c1-2-5-26-19-35-27(18-25(26)4-1)9-8-24-6-3-7-36(37(24)35)38-17-16-33(42-38)22-32-13-12-29(40-32)20-28-10-11-30(39-28)21-31-14-15-34(23-38)41-31/h1-22,39,41H,23H2/b28-20-,30-21-,32-22-. The van der Waals surface area contributed by atoms with Gasteiger partial charge in [-0.3, -0.25) is 4.99 Å². The Hall–Kier alpha value is -5.48. The molecule has 0 radical (unpaired) electrons. The van der Waals surface area contributed by atoms with Crippen molar-refractivity contribution in [3.05, 3.63) is 155 Å². The Bertz CT molecular complexity index is 2390. The quantitative estimate of drug-likeness (QED) is 0.172. The Labute approximate surface area is 242 Å². The molecule has 0 aliphatic carbocycles. The number of nitrogens with one attached hydrogen (secondary N) is 2. The monoisotopic (exact) mass is 538 g/mol. The Morgan fingerprint density at radius 2 is 1.45 bits per heavy atom. The topological polar surface area (TPSA) is 56.3 Å². The zero-order valence-corrected chi connectivity index (χ0v) is 22.8. The molecule has 4 aromatic carbocycles. The van der Waals surface area contributed by atoms with E-state index in [-0.39, 0.29) is 0 Å². The molecule has 3 aliphatic heterocycles. The summed E-state index contributed by atoms with van der Waals surface area (Å²) in [6.45, 7) is 0. The van der Waals surface area contributed by atoms with E-state index in [0.29, 0.717) is 6.42 Å². The van der Waals surface area contributed by atoms with Crippen LogP contribution in [0.4, 0.5) is 0 Å². The first-order chi connectivity index (χ1) is 20.7. The molecule has 6 aromatic rings. The van der Waals surface area contributed by atoms with Crippen LogP contribution in [0.3, 0.4) is 0 Å². The maximum absolute atomic E-state index is 5.48. The van der Waals surface area contributed by atoms with Gasteiger partial charge in [0.1, 0.15) is 5.54 Å². The first kappa shape index (κ1) is 23.2. The Kier molecular flexibility index (Phi) is 4.85. The predicted molar refractivity (Wildman–Crippen MR) is 174 cm³/mol. The molecule has 4 heteroatoms. The van der Waals surface area contributed by atoms with Crippen molar-refractivity contribution < 1.29 is 0 Å². The van der Waals surface area contributed by atoms with Crippen LogP contribution in [-0.2, 0) is 12.0 Å². The minimum absolute atomic E-state index is 0.578. The van der Waals surface area contributed by atoms with Crippen LogP contribution < -0.4 is 10.7 Å². The number of fused-ring (bicyclic) bond motifs is 10. The van der Waals surface area contributed by atoms with Gasteiger partial charge in [-0.05, 0) is 111 Å². The summed E-state index contributed by atoms with van der Waals surface area (Å²) in [5.41, 5.74) is 5.58. The van der Waals surface area contributed by atoms with Crippen LogP contribution in [0.1, 0.15) is 17.0 Å². The molecule has 2 aromatic heterocycles. The number of aliphatic imine (C=N–C) groups is 2. The highest BCUT2D eigenvalue weighted by Crippen LogP contribution is 2.42. The van der Waals surface area contributed by atoms with Gasteiger partial charge in [0.05, 0.1) is 17.1 Å². The molecule has 42 heavy (non-hydrogen) atoms. The van der Waals surface area contributed by atoms with Crippen molar-refractivity contribution in [1.29, 1.82) is 0 Å². The number of nitrogens with zero attached hydrogens (tertiary/aromatic N) is 2. The van der Waals surface area contributed by atoms with Gasteiger partial charge in [-0.25, -0.2) is 4.99 Å². The van der Waals surface area contributed by atoms with Crippen molar-refractivity contribution in [3.63, 3.8) is 0 Å². The number of aromatic nitrogens is 2. The molecule has 4 nitrogen and oxygen atoms in total. The molecular weight excluding hydrogens is 512 g/mol. The van der Waals surface area contributed by atoms with Crippen LogP contribution in [0.5, 0.6) is 0 Å². The number of allylic oxidation sites excluding steroid dienone is 4.